The standard InChI is InChI=1S/C27H23N5O4/c1-15(17-9-6-10-19(13-17)36-2)28-22-23(25(34)24(22)33)29-18-11-12-21-20(14-18)26(32-31-21)30-27(35)16-7-4-3-5-8-16/h3-15,28-29H,1-2H3,(H2,30,31,32,35)/p+1/t15-/m1/s1. The maximum atomic E-state index is 12.6. The third-order valence-corrected chi connectivity index (χ3v) is 6.04. The monoisotopic (exact) mass is 482 g/mol. The Morgan fingerprint density at radius 2 is 1.72 bits per heavy atom. The van der Waals surface area contributed by atoms with Crippen molar-refractivity contribution in [2.24, 2.45) is 5.10 Å². The van der Waals surface area contributed by atoms with Gasteiger partial charge >= 0.3 is 0 Å². The van der Waals surface area contributed by atoms with Crippen molar-refractivity contribution in [2.75, 3.05) is 17.7 Å². The Morgan fingerprint density at radius 3 is 2.50 bits per heavy atom. The summed E-state index contributed by atoms with van der Waals surface area (Å²) >= 11 is 0. The van der Waals surface area contributed by atoms with E-state index in [1.165, 1.54) is 0 Å². The number of hydrogen-bond acceptors (Lipinski definition) is 7. The van der Waals surface area contributed by atoms with Crippen molar-refractivity contribution in [1.29, 1.82) is 0 Å². The van der Waals surface area contributed by atoms with Crippen LogP contribution in [0.15, 0.2) is 87.5 Å². The van der Waals surface area contributed by atoms with E-state index in [2.05, 4.69) is 21.1 Å². The van der Waals surface area contributed by atoms with Gasteiger partial charge in [0.25, 0.3) is 16.8 Å². The lowest BCUT2D eigenvalue weighted by Crippen LogP contribution is -2.69. The molecule has 4 aromatic rings. The summed E-state index contributed by atoms with van der Waals surface area (Å²) in [4.78, 5) is 37.3. The zero-order valence-corrected chi connectivity index (χ0v) is 19.7. The summed E-state index contributed by atoms with van der Waals surface area (Å²) in [7, 11) is 1.59. The maximum absolute atomic E-state index is 12.6. The van der Waals surface area contributed by atoms with Crippen LogP contribution < -0.4 is 37.0 Å². The SMILES string of the molecule is COc1cccc([C@@H](C)Nc2c(Nc3ccc4c(c3)C(NC(=O)c3ccccc3)=N[NH2+]4)c(=O)c2=O)c1. The van der Waals surface area contributed by atoms with E-state index in [0.29, 0.717) is 28.4 Å². The van der Waals surface area contributed by atoms with Crippen LogP contribution in [-0.2, 0) is 0 Å². The highest BCUT2D eigenvalue weighted by Gasteiger charge is 2.26. The van der Waals surface area contributed by atoms with Gasteiger partial charge in [-0.3, -0.25) is 14.4 Å². The molecule has 0 bridgehead atoms. The van der Waals surface area contributed by atoms with Crippen LogP contribution in [0, 0.1) is 0 Å². The van der Waals surface area contributed by atoms with Crippen molar-refractivity contribution >= 4 is 34.5 Å². The third-order valence-electron chi connectivity index (χ3n) is 6.04. The minimum atomic E-state index is -0.589. The molecule has 0 radical (unpaired) electrons. The molecule has 36 heavy (non-hydrogen) atoms. The van der Waals surface area contributed by atoms with E-state index in [9.17, 15) is 14.4 Å². The number of anilines is 3. The van der Waals surface area contributed by atoms with Crippen molar-refractivity contribution < 1.29 is 15.0 Å². The molecule has 1 aliphatic heterocycles. The van der Waals surface area contributed by atoms with Crippen molar-refractivity contribution in [3.63, 3.8) is 0 Å². The van der Waals surface area contributed by atoms with Crippen LogP contribution in [0.25, 0.3) is 0 Å². The number of methoxy groups -OCH3 is 1. The number of carbonyl (C=O) groups excluding carboxylic acids is 1. The predicted octanol–water partition coefficient (Wildman–Crippen LogP) is 2.51. The van der Waals surface area contributed by atoms with Crippen molar-refractivity contribution in [1.82, 2.24) is 5.32 Å². The van der Waals surface area contributed by atoms with E-state index in [1.807, 2.05) is 43.3 Å². The van der Waals surface area contributed by atoms with Gasteiger partial charge in [0.1, 0.15) is 17.1 Å². The molecule has 5 N–H and O–H groups in total. The lowest BCUT2D eigenvalue weighted by atomic mass is 10.1. The average Bonchev–Trinajstić information content (AvgIpc) is 3.32. The molecule has 9 heteroatoms. The first kappa shape index (κ1) is 23.0. The number of rotatable bonds is 7. The number of fused-ring (bicyclic) bond motifs is 1. The maximum Gasteiger partial charge on any atom is 0.256 e. The molecule has 0 aliphatic carbocycles. The minimum Gasteiger partial charge on any atom is -0.497 e. The molecule has 1 aliphatic rings. The number of quaternary nitrogens is 1. The van der Waals surface area contributed by atoms with E-state index in [4.69, 9.17) is 4.74 Å². The van der Waals surface area contributed by atoms with Gasteiger partial charge in [0.15, 0.2) is 5.69 Å². The van der Waals surface area contributed by atoms with E-state index < -0.39 is 10.9 Å². The fraction of sp³-hybridized carbons (Fsp3) is 0.111. The number of ether oxygens (including phenoxy) is 1. The molecule has 0 aromatic heterocycles. The highest BCUT2D eigenvalue weighted by molar-refractivity contribution is 6.15. The molecule has 1 atom stereocenters. The molecular formula is C27H24N5O4+. The smallest absolute Gasteiger partial charge is 0.256 e. The number of nitrogens with one attached hydrogen (secondary N) is 3. The Morgan fingerprint density at radius 1 is 0.944 bits per heavy atom. The van der Waals surface area contributed by atoms with Crippen LogP contribution in [-0.4, -0.2) is 18.9 Å². The second-order valence-electron chi connectivity index (χ2n) is 8.40. The van der Waals surface area contributed by atoms with E-state index in [1.54, 1.807) is 48.9 Å². The average molecular weight is 483 g/mol. The normalized spacial score (nSPS) is 13.0. The molecule has 1 heterocycles. The fourth-order valence-electron chi connectivity index (χ4n) is 4.03. The zero-order valence-electron chi connectivity index (χ0n) is 19.7. The van der Waals surface area contributed by atoms with E-state index in [0.717, 1.165) is 11.3 Å². The summed E-state index contributed by atoms with van der Waals surface area (Å²) < 4.78 is 5.27. The van der Waals surface area contributed by atoms with Gasteiger partial charge in [-0.25, -0.2) is 0 Å². The Kier molecular flexibility index (Phi) is 6.05. The van der Waals surface area contributed by atoms with Gasteiger partial charge in [-0.1, -0.05) is 35.4 Å². The van der Waals surface area contributed by atoms with Crippen LogP contribution >= 0.6 is 0 Å². The molecule has 0 unspecified atom stereocenters. The van der Waals surface area contributed by atoms with E-state index >= 15 is 0 Å². The number of benzene rings is 3. The first-order valence-corrected chi connectivity index (χ1v) is 11.4. The Labute approximate surface area is 206 Å². The molecule has 0 saturated heterocycles. The number of amidine groups is 1. The molecule has 4 aromatic carbocycles. The van der Waals surface area contributed by atoms with Crippen molar-refractivity contribution in [3.8, 4) is 5.75 Å². The first-order chi connectivity index (χ1) is 17.4. The predicted molar refractivity (Wildman–Crippen MR) is 138 cm³/mol. The van der Waals surface area contributed by atoms with Gasteiger partial charge in [0.2, 0.25) is 5.84 Å². The summed E-state index contributed by atoms with van der Waals surface area (Å²) in [6.45, 7) is 1.90. The number of hydrogen-bond donors (Lipinski definition) is 4. The number of nitrogens with zero attached hydrogens (tertiary/aromatic N) is 1. The van der Waals surface area contributed by atoms with Gasteiger partial charge in [0, 0.05) is 23.4 Å². The minimum absolute atomic E-state index is 0.198. The molecule has 0 fully saturated rings. The van der Waals surface area contributed by atoms with Crippen LogP contribution in [0.3, 0.4) is 0 Å². The van der Waals surface area contributed by atoms with Gasteiger partial charge in [-0.2, -0.15) is 5.43 Å². The molecule has 0 saturated carbocycles. The fourth-order valence-corrected chi connectivity index (χ4v) is 4.03. The number of nitrogens with two attached hydrogens (primary N) is 1. The second kappa shape index (κ2) is 9.47. The summed E-state index contributed by atoms with van der Waals surface area (Å²) in [6.07, 6.45) is 0. The molecule has 5 rings (SSSR count). The summed E-state index contributed by atoms with van der Waals surface area (Å²) in [6, 6.07) is 21.5. The molecule has 1 amide bonds. The number of amides is 1. The van der Waals surface area contributed by atoms with Gasteiger partial charge in [-0.05, 0) is 48.9 Å². The molecule has 9 nitrogen and oxygen atoms in total. The second-order valence-corrected chi connectivity index (χ2v) is 8.40. The molecular weight excluding hydrogens is 458 g/mol. The van der Waals surface area contributed by atoms with Crippen molar-refractivity contribution in [2.45, 2.75) is 13.0 Å². The summed E-state index contributed by atoms with van der Waals surface area (Å²) in [5.41, 5.74) is 4.50. The van der Waals surface area contributed by atoms with Gasteiger partial charge in [-0.15, -0.1) is 0 Å². The lowest BCUT2D eigenvalue weighted by molar-refractivity contribution is -0.573. The Hall–Kier alpha value is -4.76. The third kappa shape index (κ3) is 4.35. The van der Waals surface area contributed by atoms with Gasteiger partial charge in [0.05, 0.1) is 12.7 Å². The van der Waals surface area contributed by atoms with Gasteiger partial charge < -0.3 is 20.7 Å². The van der Waals surface area contributed by atoms with Crippen molar-refractivity contribution in [3.05, 3.63) is 110 Å². The lowest BCUT2D eigenvalue weighted by Gasteiger charge is -2.20. The quantitative estimate of drug-likeness (QED) is 0.182. The Balaban J connectivity index is 1.34. The summed E-state index contributed by atoms with van der Waals surface area (Å²) in [5, 5.41) is 13.4. The Bertz CT molecular complexity index is 1550. The molecule has 180 valence electrons. The largest absolute Gasteiger partial charge is 0.497 e. The topological polar surface area (TPSA) is 126 Å². The highest BCUT2D eigenvalue weighted by Crippen LogP contribution is 2.28. The van der Waals surface area contributed by atoms with Crippen LogP contribution in [0.2, 0.25) is 0 Å². The zero-order chi connectivity index (χ0) is 25.2. The number of carbonyl (C=O) groups is 1. The van der Waals surface area contributed by atoms with E-state index in [-0.39, 0.29) is 23.3 Å². The van der Waals surface area contributed by atoms with Crippen LogP contribution in [0.1, 0.15) is 34.5 Å². The summed E-state index contributed by atoms with van der Waals surface area (Å²) in [5.74, 6) is 0.850. The molecule has 0 spiro atoms. The van der Waals surface area contributed by atoms with Crippen LogP contribution in [0.4, 0.5) is 22.7 Å². The highest BCUT2D eigenvalue weighted by atomic mass is 16.5. The first-order valence-electron chi connectivity index (χ1n) is 11.4. The van der Waals surface area contributed by atoms with Crippen LogP contribution in [0.5, 0.6) is 5.75 Å².